The summed E-state index contributed by atoms with van der Waals surface area (Å²) in [6, 6.07) is 17.1. The lowest BCUT2D eigenvalue weighted by Gasteiger charge is -2.19. The molecule has 23 heavy (non-hydrogen) atoms. The van der Waals surface area contributed by atoms with Gasteiger partial charge in [0, 0.05) is 6.07 Å². The minimum Gasteiger partial charge on any atom is -0.487 e. The van der Waals surface area contributed by atoms with Crippen molar-refractivity contribution in [3.63, 3.8) is 0 Å². The van der Waals surface area contributed by atoms with E-state index in [1.54, 1.807) is 6.07 Å². The molecule has 1 aliphatic heterocycles. The van der Waals surface area contributed by atoms with E-state index < -0.39 is 0 Å². The van der Waals surface area contributed by atoms with Crippen LogP contribution in [0.2, 0.25) is 0 Å². The zero-order valence-electron chi connectivity index (χ0n) is 12.5. The maximum absolute atomic E-state index is 5.80. The molecule has 0 spiro atoms. The molecule has 3 aromatic rings. The fourth-order valence-electron chi connectivity index (χ4n) is 2.25. The fourth-order valence-corrected chi connectivity index (χ4v) is 2.25. The van der Waals surface area contributed by atoms with Gasteiger partial charge < -0.3 is 14.2 Å². The number of nitrogens with zero attached hydrogens (tertiary/aromatic N) is 2. The molecule has 0 radical (unpaired) electrons. The first kappa shape index (κ1) is 13.6. The summed E-state index contributed by atoms with van der Waals surface area (Å²) in [6.07, 6.45) is 0. The van der Waals surface area contributed by atoms with Crippen molar-refractivity contribution in [2.24, 2.45) is 0 Å². The first-order valence-electron chi connectivity index (χ1n) is 7.29. The van der Waals surface area contributed by atoms with Crippen LogP contribution in [0, 0.1) is 6.92 Å². The van der Waals surface area contributed by atoms with Crippen molar-refractivity contribution >= 4 is 0 Å². The van der Waals surface area contributed by atoms with E-state index in [0.29, 0.717) is 35.4 Å². The summed E-state index contributed by atoms with van der Waals surface area (Å²) in [5.41, 5.74) is 1.86. The van der Waals surface area contributed by atoms with Crippen molar-refractivity contribution in [1.82, 2.24) is 10.2 Å². The van der Waals surface area contributed by atoms with Crippen molar-refractivity contribution in [3.8, 4) is 28.9 Å². The third-order valence-corrected chi connectivity index (χ3v) is 3.46. The van der Waals surface area contributed by atoms with Gasteiger partial charge in [-0.3, -0.25) is 0 Å². The van der Waals surface area contributed by atoms with Gasteiger partial charge in [-0.05, 0) is 31.2 Å². The van der Waals surface area contributed by atoms with Crippen molar-refractivity contribution in [2.45, 2.75) is 13.5 Å². The van der Waals surface area contributed by atoms with E-state index in [1.165, 1.54) is 5.56 Å². The van der Waals surface area contributed by atoms with Crippen LogP contribution in [-0.4, -0.2) is 10.2 Å². The molecule has 0 bridgehead atoms. The molecule has 2 heterocycles. The van der Waals surface area contributed by atoms with E-state index in [4.69, 9.17) is 14.2 Å². The minimum atomic E-state index is 0.314. The molecule has 0 atom stereocenters. The molecule has 114 valence electrons. The van der Waals surface area contributed by atoms with Gasteiger partial charge in [-0.25, -0.2) is 0 Å². The lowest BCUT2D eigenvalue weighted by Crippen LogP contribution is -2.05. The van der Waals surface area contributed by atoms with Crippen molar-refractivity contribution in [2.75, 3.05) is 0 Å². The Morgan fingerprint density at radius 1 is 0.870 bits per heavy atom. The van der Waals surface area contributed by atoms with Gasteiger partial charge in [-0.2, -0.15) is 0 Å². The molecule has 0 amide bonds. The first-order valence-corrected chi connectivity index (χ1v) is 7.29. The SMILES string of the molecule is Cc1ccc(OCc2cc3c(nn2)Oc2ccccc2O3)cc1. The number of benzene rings is 2. The number of fused-ring (bicyclic) bond motifs is 2. The summed E-state index contributed by atoms with van der Waals surface area (Å²) in [5.74, 6) is 3.00. The highest BCUT2D eigenvalue weighted by atomic mass is 16.6. The summed E-state index contributed by atoms with van der Waals surface area (Å²) < 4.78 is 17.2. The Balaban J connectivity index is 1.51. The first-order chi connectivity index (χ1) is 11.3. The van der Waals surface area contributed by atoms with Crippen LogP contribution in [0.5, 0.6) is 28.9 Å². The van der Waals surface area contributed by atoms with Crippen molar-refractivity contribution < 1.29 is 14.2 Å². The van der Waals surface area contributed by atoms with E-state index in [9.17, 15) is 0 Å². The summed E-state index contributed by atoms with van der Waals surface area (Å²) in [6.45, 7) is 2.35. The lowest BCUT2D eigenvalue weighted by atomic mass is 10.2. The third kappa shape index (κ3) is 2.81. The lowest BCUT2D eigenvalue weighted by molar-refractivity contribution is 0.294. The number of aromatic nitrogens is 2. The van der Waals surface area contributed by atoms with E-state index in [0.717, 1.165) is 5.75 Å². The van der Waals surface area contributed by atoms with Crippen LogP contribution in [0.1, 0.15) is 11.3 Å². The average molecular weight is 306 g/mol. The minimum absolute atomic E-state index is 0.314. The van der Waals surface area contributed by atoms with Crippen LogP contribution in [0.25, 0.3) is 0 Å². The van der Waals surface area contributed by atoms with Gasteiger partial charge in [0.1, 0.15) is 18.1 Å². The van der Waals surface area contributed by atoms with E-state index in [-0.39, 0.29) is 0 Å². The zero-order valence-corrected chi connectivity index (χ0v) is 12.5. The maximum atomic E-state index is 5.80. The number of rotatable bonds is 3. The number of hydrogen-bond acceptors (Lipinski definition) is 5. The molecule has 4 rings (SSSR count). The summed E-state index contributed by atoms with van der Waals surface area (Å²) >= 11 is 0. The van der Waals surface area contributed by atoms with Gasteiger partial charge in [0.25, 0.3) is 5.88 Å². The van der Waals surface area contributed by atoms with Crippen molar-refractivity contribution in [1.29, 1.82) is 0 Å². The molecule has 5 heteroatoms. The monoisotopic (exact) mass is 306 g/mol. The molecule has 0 saturated carbocycles. The molecular weight excluding hydrogens is 292 g/mol. The molecule has 2 aromatic carbocycles. The van der Waals surface area contributed by atoms with Gasteiger partial charge in [0.2, 0.25) is 0 Å². The van der Waals surface area contributed by atoms with Crippen LogP contribution in [0.3, 0.4) is 0 Å². The largest absolute Gasteiger partial charge is 0.487 e. The number of ether oxygens (including phenoxy) is 3. The normalized spacial score (nSPS) is 11.7. The van der Waals surface area contributed by atoms with E-state index >= 15 is 0 Å². The summed E-state index contributed by atoms with van der Waals surface area (Å²) in [5, 5.41) is 8.18. The highest BCUT2D eigenvalue weighted by Gasteiger charge is 2.20. The predicted octanol–water partition coefficient (Wildman–Crippen LogP) is 4.26. The Hall–Kier alpha value is -3.08. The highest BCUT2D eigenvalue weighted by Crippen LogP contribution is 2.43. The topological polar surface area (TPSA) is 53.5 Å². The molecule has 0 saturated heterocycles. The molecule has 0 aliphatic carbocycles. The smallest absolute Gasteiger partial charge is 0.282 e. The second kappa shape index (κ2) is 5.61. The second-order valence-corrected chi connectivity index (χ2v) is 5.26. The van der Waals surface area contributed by atoms with Gasteiger partial charge >= 0.3 is 0 Å². The van der Waals surface area contributed by atoms with Crippen LogP contribution < -0.4 is 14.2 Å². The number of para-hydroxylation sites is 2. The van der Waals surface area contributed by atoms with Crippen LogP contribution in [0.15, 0.2) is 54.6 Å². The standard InChI is InChI=1S/C18H14N2O3/c1-12-6-8-14(9-7-12)21-11-13-10-17-18(20-19-13)23-16-5-3-2-4-15(16)22-17/h2-10H,11H2,1H3. The van der Waals surface area contributed by atoms with E-state index in [2.05, 4.69) is 10.2 Å². The summed E-state index contributed by atoms with van der Waals surface area (Å²) in [7, 11) is 0. The highest BCUT2D eigenvalue weighted by molar-refractivity contribution is 5.51. The molecule has 1 aliphatic rings. The zero-order chi connectivity index (χ0) is 15.6. The quantitative estimate of drug-likeness (QED) is 0.566. The predicted molar refractivity (Wildman–Crippen MR) is 84.1 cm³/mol. The van der Waals surface area contributed by atoms with Gasteiger partial charge in [0.05, 0.1) is 0 Å². The Bertz CT molecular complexity index is 847. The Morgan fingerprint density at radius 3 is 2.39 bits per heavy atom. The molecule has 5 nitrogen and oxygen atoms in total. The van der Waals surface area contributed by atoms with E-state index in [1.807, 2.05) is 55.5 Å². The van der Waals surface area contributed by atoms with Gasteiger partial charge in [-0.1, -0.05) is 29.8 Å². The molecule has 0 unspecified atom stereocenters. The Morgan fingerprint density at radius 2 is 1.61 bits per heavy atom. The molecule has 0 fully saturated rings. The molecule has 0 N–H and O–H groups in total. The van der Waals surface area contributed by atoms with Crippen LogP contribution in [-0.2, 0) is 6.61 Å². The molecular formula is C18H14N2O3. The van der Waals surface area contributed by atoms with Gasteiger partial charge in [0.15, 0.2) is 17.2 Å². The summed E-state index contributed by atoms with van der Waals surface area (Å²) in [4.78, 5) is 0. The number of aryl methyl sites for hydroxylation is 1. The average Bonchev–Trinajstić information content (AvgIpc) is 2.59. The second-order valence-electron chi connectivity index (χ2n) is 5.26. The van der Waals surface area contributed by atoms with Crippen LogP contribution >= 0.6 is 0 Å². The number of hydrogen-bond donors (Lipinski definition) is 0. The van der Waals surface area contributed by atoms with Gasteiger partial charge in [-0.15, -0.1) is 10.2 Å². The Kier molecular flexibility index (Phi) is 3.31. The third-order valence-electron chi connectivity index (χ3n) is 3.46. The fraction of sp³-hybridized carbons (Fsp3) is 0.111. The van der Waals surface area contributed by atoms with Crippen LogP contribution in [0.4, 0.5) is 0 Å². The molecule has 1 aromatic heterocycles. The van der Waals surface area contributed by atoms with Crippen molar-refractivity contribution in [3.05, 3.63) is 65.9 Å². The Labute approximate surface area is 133 Å². The maximum Gasteiger partial charge on any atom is 0.282 e.